The molecule has 4 nitrogen and oxygen atoms in total. The Morgan fingerprint density at radius 2 is 2.25 bits per heavy atom. The number of hydrogen-bond acceptors (Lipinski definition) is 4. The Kier molecular flexibility index (Phi) is 5.25. The van der Waals surface area contributed by atoms with Gasteiger partial charge in [0.1, 0.15) is 11.8 Å². The lowest BCUT2D eigenvalue weighted by Gasteiger charge is -2.39. The van der Waals surface area contributed by atoms with Crippen LogP contribution in [0.4, 0.5) is 0 Å². The summed E-state index contributed by atoms with van der Waals surface area (Å²) in [5.74, 6) is 6.60. The van der Waals surface area contributed by atoms with E-state index in [1.165, 1.54) is 0 Å². The van der Waals surface area contributed by atoms with Gasteiger partial charge in [-0.15, -0.1) is 0 Å². The van der Waals surface area contributed by atoms with Gasteiger partial charge in [0.25, 0.3) is 0 Å². The number of nitrogens with one attached hydrogen (secondary N) is 1. The van der Waals surface area contributed by atoms with Crippen LogP contribution in [0.5, 0.6) is 0 Å². The Bertz CT molecular complexity index is 229. The fourth-order valence-electron chi connectivity index (χ4n) is 2.34. The highest BCUT2D eigenvalue weighted by atomic mass is 16.5. The van der Waals surface area contributed by atoms with Crippen molar-refractivity contribution in [3.63, 3.8) is 0 Å². The molecule has 16 heavy (non-hydrogen) atoms. The normalized spacial score (nSPS) is 18.9. The molecule has 0 aromatic carbocycles. The molecule has 0 aromatic heterocycles. The summed E-state index contributed by atoms with van der Waals surface area (Å²) in [6.07, 6.45) is 6.05. The molecule has 0 spiro atoms. The van der Waals surface area contributed by atoms with E-state index in [0.29, 0.717) is 0 Å². The maximum absolute atomic E-state index is 5.68. The van der Waals surface area contributed by atoms with Crippen molar-refractivity contribution < 1.29 is 9.47 Å². The van der Waals surface area contributed by atoms with Crippen LogP contribution in [0, 0.1) is 0 Å². The number of methoxy groups -OCH3 is 1. The van der Waals surface area contributed by atoms with E-state index in [4.69, 9.17) is 15.3 Å². The number of nitrogens with two attached hydrogens (primary N) is 1. The molecule has 0 aromatic rings. The Hall–Kier alpha value is -0.580. The molecule has 0 aliphatic carbocycles. The standard InChI is InChI=1S/C12H24N2O2/c1-4-12(5-2,15-3)11(14-13)10-8-6-7-9-16-10/h8,11,14H,4-7,9,13H2,1-3H3. The first-order chi connectivity index (χ1) is 7.74. The van der Waals surface area contributed by atoms with Gasteiger partial charge >= 0.3 is 0 Å². The van der Waals surface area contributed by atoms with E-state index in [-0.39, 0.29) is 11.6 Å². The van der Waals surface area contributed by atoms with Crippen molar-refractivity contribution in [1.82, 2.24) is 5.43 Å². The number of hydrogen-bond donors (Lipinski definition) is 2. The van der Waals surface area contributed by atoms with Gasteiger partial charge in [-0.1, -0.05) is 13.8 Å². The van der Waals surface area contributed by atoms with Gasteiger partial charge in [0.15, 0.2) is 0 Å². The zero-order valence-electron chi connectivity index (χ0n) is 10.6. The largest absolute Gasteiger partial charge is 0.496 e. The minimum Gasteiger partial charge on any atom is -0.496 e. The highest BCUT2D eigenvalue weighted by Gasteiger charge is 2.39. The van der Waals surface area contributed by atoms with E-state index >= 15 is 0 Å². The lowest BCUT2D eigenvalue weighted by Crippen LogP contribution is -2.55. The molecule has 1 aliphatic rings. The van der Waals surface area contributed by atoms with Gasteiger partial charge in [-0.25, -0.2) is 5.43 Å². The molecule has 4 heteroatoms. The molecule has 0 saturated heterocycles. The van der Waals surface area contributed by atoms with E-state index in [1.807, 2.05) is 0 Å². The minimum atomic E-state index is -0.280. The highest BCUT2D eigenvalue weighted by Crippen LogP contribution is 2.30. The van der Waals surface area contributed by atoms with Gasteiger partial charge in [0.05, 0.1) is 12.2 Å². The van der Waals surface area contributed by atoms with Crippen LogP contribution < -0.4 is 11.3 Å². The summed E-state index contributed by atoms with van der Waals surface area (Å²) >= 11 is 0. The third-order valence-electron chi connectivity index (χ3n) is 3.54. The summed E-state index contributed by atoms with van der Waals surface area (Å²) in [5, 5.41) is 0. The van der Waals surface area contributed by atoms with E-state index in [1.54, 1.807) is 7.11 Å². The number of allylic oxidation sites excluding steroid dienone is 1. The number of hydrazine groups is 1. The second-order valence-electron chi connectivity index (χ2n) is 4.17. The lowest BCUT2D eigenvalue weighted by molar-refractivity contribution is -0.0526. The van der Waals surface area contributed by atoms with E-state index in [9.17, 15) is 0 Å². The number of rotatable bonds is 6. The maximum atomic E-state index is 5.68. The molecule has 1 rings (SSSR count). The van der Waals surface area contributed by atoms with Crippen molar-refractivity contribution in [3.05, 3.63) is 11.8 Å². The van der Waals surface area contributed by atoms with Gasteiger partial charge in [-0.05, 0) is 31.8 Å². The average Bonchev–Trinajstić information content (AvgIpc) is 2.37. The first-order valence-corrected chi connectivity index (χ1v) is 6.08. The zero-order valence-corrected chi connectivity index (χ0v) is 10.6. The summed E-state index contributed by atoms with van der Waals surface area (Å²) in [7, 11) is 1.74. The van der Waals surface area contributed by atoms with Crippen LogP contribution in [-0.2, 0) is 9.47 Å². The topological polar surface area (TPSA) is 56.5 Å². The summed E-state index contributed by atoms with van der Waals surface area (Å²) in [4.78, 5) is 0. The lowest BCUT2D eigenvalue weighted by atomic mass is 9.86. The molecular formula is C12H24N2O2. The minimum absolute atomic E-state index is 0.0622. The van der Waals surface area contributed by atoms with Crippen molar-refractivity contribution in [2.45, 2.75) is 51.2 Å². The molecule has 0 radical (unpaired) electrons. The molecule has 0 fully saturated rings. The van der Waals surface area contributed by atoms with Crippen LogP contribution in [0.1, 0.15) is 39.5 Å². The zero-order chi connectivity index (χ0) is 12.0. The average molecular weight is 228 g/mol. The van der Waals surface area contributed by atoms with Crippen molar-refractivity contribution in [3.8, 4) is 0 Å². The molecule has 0 bridgehead atoms. The predicted octanol–water partition coefficient (Wildman–Crippen LogP) is 1.72. The second-order valence-corrected chi connectivity index (χ2v) is 4.17. The number of ether oxygens (including phenoxy) is 2. The predicted molar refractivity (Wildman–Crippen MR) is 64.7 cm³/mol. The summed E-state index contributed by atoms with van der Waals surface area (Å²) in [5.41, 5.74) is 2.57. The Morgan fingerprint density at radius 1 is 1.56 bits per heavy atom. The third kappa shape index (κ3) is 2.56. The van der Waals surface area contributed by atoms with Crippen LogP contribution in [0.3, 0.4) is 0 Å². The van der Waals surface area contributed by atoms with Crippen LogP contribution in [0.25, 0.3) is 0 Å². The highest BCUT2D eigenvalue weighted by molar-refractivity contribution is 5.12. The third-order valence-corrected chi connectivity index (χ3v) is 3.54. The van der Waals surface area contributed by atoms with E-state index < -0.39 is 0 Å². The first kappa shape index (κ1) is 13.5. The van der Waals surface area contributed by atoms with Crippen molar-refractivity contribution in [2.24, 2.45) is 5.84 Å². The molecule has 3 N–H and O–H groups in total. The quantitative estimate of drug-likeness (QED) is 0.537. The van der Waals surface area contributed by atoms with E-state index in [0.717, 1.165) is 38.0 Å². The molecule has 0 amide bonds. The van der Waals surface area contributed by atoms with Gasteiger partial charge in [-0.3, -0.25) is 5.84 Å². The molecule has 1 atom stereocenters. The van der Waals surface area contributed by atoms with E-state index in [2.05, 4.69) is 25.3 Å². The molecule has 1 aliphatic heterocycles. The Balaban J connectivity index is 2.89. The van der Waals surface area contributed by atoms with Crippen molar-refractivity contribution in [2.75, 3.05) is 13.7 Å². The Labute approximate surface area is 98.1 Å². The fraction of sp³-hybridized carbons (Fsp3) is 0.833. The van der Waals surface area contributed by atoms with Crippen LogP contribution in [0.2, 0.25) is 0 Å². The SMILES string of the molecule is CCC(CC)(OC)C(NN)C1=CCCCO1. The van der Waals surface area contributed by atoms with Gasteiger partial charge in [0.2, 0.25) is 0 Å². The smallest absolute Gasteiger partial charge is 0.113 e. The maximum Gasteiger partial charge on any atom is 0.113 e. The molecule has 94 valence electrons. The van der Waals surface area contributed by atoms with Gasteiger partial charge in [0, 0.05) is 7.11 Å². The molecule has 1 unspecified atom stereocenters. The Morgan fingerprint density at radius 3 is 2.62 bits per heavy atom. The van der Waals surface area contributed by atoms with Crippen LogP contribution in [-0.4, -0.2) is 25.4 Å². The van der Waals surface area contributed by atoms with Crippen molar-refractivity contribution in [1.29, 1.82) is 0 Å². The van der Waals surface area contributed by atoms with Gasteiger partial charge in [-0.2, -0.15) is 0 Å². The summed E-state index contributed by atoms with van der Waals surface area (Å²) in [6.45, 7) is 5.00. The first-order valence-electron chi connectivity index (χ1n) is 6.08. The summed E-state index contributed by atoms with van der Waals surface area (Å²) < 4.78 is 11.4. The molecule has 0 saturated carbocycles. The van der Waals surface area contributed by atoms with Crippen LogP contribution in [0.15, 0.2) is 11.8 Å². The molecular weight excluding hydrogens is 204 g/mol. The monoisotopic (exact) mass is 228 g/mol. The fourth-order valence-corrected chi connectivity index (χ4v) is 2.34. The summed E-state index contributed by atoms with van der Waals surface area (Å²) in [6, 6.07) is -0.0622. The van der Waals surface area contributed by atoms with Crippen LogP contribution >= 0.6 is 0 Å². The second kappa shape index (κ2) is 6.23. The molecule has 1 heterocycles. The van der Waals surface area contributed by atoms with Gasteiger partial charge < -0.3 is 9.47 Å². The van der Waals surface area contributed by atoms with Crippen molar-refractivity contribution >= 4 is 0 Å².